The second-order valence-corrected chi connectivity index (χ2v) is 10.3. The molecule has 8 rings (SSSR count). The van der Waals surface area contributed by atoms with E-state index in [4.69, 9.17) is 9.97 Å². The van der Waals surface area contributed by atoms with Crippen LogP contribution in [0.1, 0.15) is 0 Å². The first kappa shape index (κ1) is 23.4. The summed E-state index contributed by atoms with van der Waals surface area (Å²) in [6, 6.07) is 53.1. The van der Waals surface area contributed by atoms with E-state index in [9.17, 15) is 0 Å². The van der Waals surface area contributed by atoms with Crippen LogP contribution < -0.4 is 0 Å². The van der Waals surface area contributed by atoms with Gasteiger partial charge in [-0.3, -0.25) is 0 Å². The molecule has 0 atom stereocenters. The molecule has 0 aliphatic heterocycles. The van der Waals surface area contributed by atoms with Gasteiger partial charge in [0.05, 0.1) is 22.2 Å². The fourth-order valence-electron chi connectivity index (χ4n) is 5.86. The number of fused-ring (bicyclic) bond motifs is 4. The van der Waals surface area contributed by atoms with Gasteiger partial charge in [-0.1, -0.05) is 121 Å². The van der Waals surface area contributed by atoms with Crippen molar-refractivity contribution >= 4 is 32.7 Å². The van der Waals surface area contributed by atoms with E-state index >= 15 is 0 Å². The number of hydrogen-bond acceptors (Lipinski definition) is 2. The van der Waals surface area contributed by atoms with Gasteiger partial charge in [-0.25, -0.2) is 9.97 Å². The van der Waals surface area contributed by atoms with Gasteiger partial charge in [0, 0.05) is 33.0 Å². The molecule has 0 saturated carbocycles. The van der Waals surface area contributed by atoms with Gasteiger partial charge in [-0.15, -0.1) is 0 Å². The van der Waals surface area contributed by atoms with Crippen molar-refractivity contribution in [1.82, 2.24) is 14.5 Å². The van der Waals surface area contributed by atoms with Crippen molar-refractivity contribution < 1.29 is 0 Å². The van der Waals surface area contributed by atoms with Crippen molar-refractivity contribution in [2.45, 2.75) is 0 Å². The van der Waals surface area contributed by atoms with Crippen molar-refractivity contribution in [3.05, 3.63) is 152 Å². The zero-order valence-corrected chi connectivity index (χ0v) is 22.3. The first-order valence-corrected chi connectivity index (χ1v) is 13.9. The fraction of sp³-hybridized carbons (Fsp3) is 0. The molecule has 3 heteroatoms. The van der Waals surface area contributed by atoms with Gasteiger partial charge in [0.15, 0.2) is 5.82 Å². The maximum absolute atomic E-state index is 5.17. The highest BCUT2D eigenvalue weighted by Crippen LogP contribution is 2.34. The average molecular weight is 524 g/mol. The molecule has 8 aromatic rings. The Labute approximate surface area is 238 Å². The third kappa shape index (κ3) is 3.98. The summed E-state index contributed by atoms with van der Waals surface area (Å²) in [5, 5.41) is 3.54. The summed E-state index contributed by atoms with van der Waals surface area (Å²) < 4.78 is 2.33. The second kappa shape index (κ2) is 9.58. The Balaban J connectivity index is 1.28. The minimum atomic E-state index is 0.716. The highest BCUT2D eigenvalue weighted by atomic mass is 15.0. The lowest BCUT2D eigenvalue weighted by atomic mass is 10.0. The lowest BCUT2D eigenvalue weighted by molar-refractivity contribution is 1.17. The Morgan fingerprint density at radius 1 is 0.390 bits per heavy atom. The van der Waals surface area contributed by atoms with Crippen LogP contribution in [0.5, 0.6) is 0 Å². The quantitative estimate of drug-likeness (QED) is 0.230. The van der Waals surface area contributed by atoms with Crippen molar-refractivity contribution in [1.29, 1.82) is 0 Å². The SMILES string of the molecule is c1ccc(-c2ccc(-c3nc(-c4cccc(-n5c6ccccc6c6ccccc65)c4)nc4ccccc34)cc2)cc1. The zero-order valence-electron chi connectivity index (χ0n) is 22.3. The Hall–Kier alpha value is -5.54. The van der Waals surface area contributed by atoms with Crippen molar-refractivity contribution in [2.75, 3.05) is 0 Å². The van der Waals surface area contributed by atoms with Crippen LogP contribution in [0.2, 0.25) is 0 Å². The average Bonchev–Trinajstić information content (AvgIpc) is 3.39. The molecule has 0 aliphatic rings. The van der Waals surface area contributed by atoms with E-state index in [-0.39, 0.29) is 0 Å². The molecular weight excluding hydrogens is 498 g/mol. The van der Waals surface area contributed by atoms with E-state index in [1.54, 1.807) is 0 Å². The molecule has 41 heavy (non-hydrogen) atoms. The van der Waals surface area contributed by atoms with Gasteiger partial charge in [-0.2, -0.15) is 0 Å². The van der Waals surface area contributed by atoms with Crippen LogP contribution in [0.25, 0.3) is 72.2 Å². The summed E-state index contributed by atoms with van der Waals surface area (Å²) in [7, 11) is 0. The third-order valence-electron chi connectivity index (χ3n) is 7.81. The van der Waals surface area contributed by atoms with E-state index in [1.807, 2.05) is 12.1 Å². The molecule has 6 aromatic carbocycles. The van der Waals surface area contributed by atoms with Crippen LogP contribution >= 0.6 is 0 Å². The minimum absolute atomic E-state index is 0.716. The van der Waals surface area contributed by atoms with Crippen LogP contribution in [-0.2, 0) is 0 Å². The predicted octanol–water partition coefficient (Wildman–Crippen LogP) is 9.73. The van der Waals surface area contributed by atoms with Crippen LogP contribution in [0.15, 0.2) is 152 Å². The molecule has 0 bridgehead atoms. The van der Waals surface area contributed by atoms with Crippen LogP contribution in [0.3, 0.4) is 0 Å². The summed E-state index contributed by atoms with van der Waals surface area (Å²) in [5.74, 6) is 0.716. The van der Waals surface area contributed by atoms with Crippen LogP contribution in [-0.4, -0.2) is 14.5 Å². The Morgan fingerprint density at radius 3 is 1.68 bits per heavy atom. The number of nitrogens with zero attached hydrogens (tertiary/aromatic N) is 3. The first-order chi connectivity index (χ1) is 20.3. The largest absolute Gasteiger partial charge is 0.309 e. The van der Waals surface area contributed by atoms with Gasteiger partial charge in [0.2, 0.25) is 0 Å². The Bertz CT molecular complexity index is 2140. The Kier molecular flexibility index (Phi) is 5.46. The van der Waals surface area contributed by atoms with Gasteiger partial charge < -0.3 is 4.57 Å². The zero-order chi connectivity index (χ0) is 27.2. The normalized spacial score (nSPS) is 11.4. The fourth-order valence-corrected chi connectivity index (χ4v) is 5.86. The van der Waals surface area contributed by atoms with E-state index in [2.05, 4.69) is 144 Å². The summed E-state index contributed by atoms with van der Waals surface area (Å²) in [6.45, 7) is 0. The Morgan fingerprint density at radius 2 is 0.951 bits per heavy atom. The van der Waals surface area contributed by atoms with Gasteiger partial charge in [0.25, 0.3) is 0 Å². The van der Waals surface area contributed by atoms with Crippen molar-refractivity contribution in [3.8, 4) is 39.5 Å². The maximum Gasteiger partial charge on any atom is 0.160 e. The maximum atomic E-state index is 5.17. The smallest absolute Gasteiger partial charge is 0.160 e. The number of benzene rings is 6. The summed E-state index contributed by atoms with van der Waals surface area (Å²) in [5.41, 5.74) is 9.77. The molecule has 2 heterocycles. The summed E-state index contributed by atoms with van der Waals surface area (Å²) >= 11 is 0. The molecule has 0 amide bonds. The van der Waals surface area contributed by atoms with Gasteiger partial charge in [0.1, 0.15) is 0 Å². The molecule has 0 fully saturated rings. The van der Waals surface area contributed by atoms with E-state index in [0.717, 1.165) is 33.4 Å². The summed E-state index contributed by atoms with van der Waals surface area (Å²) in [6.07, 6.45) is 0. The standard InChI is InChI=1S/C38H25N3/c1-2-11-26(12-3-1)27-21-23-28(24-22-27)37-33-17-4-7-18-34(33)39-38(40-37)29-13-10-14-30(25-29)41-35-19-8-5-15-31(35)32-16-6-9-20-36(32)41/h1-25H. The highest BCUT2D eigenvalue weighted by Gasteiger charge is 2.15. The van der Waals surface area contributed by atoms with Crippen molar-refractivity contribution in [2.24, 2.45) is 0 Å². The third-order valence-corrected chi connectivity index (χ3v) is 7.81. The molecule has 192 valence electrons. The molecule has 3 nitrogen and oxygen atoms in total. The second-order valence-electron chi connectivity index (χ2n) is 10.3. The minimum Gasteiger partial charge on any atom is -0.309 e. The number of hydrogen-bond donors (Lipinski definition) is 0. The van der Waals surface area contributed by atoms with Crippen LogP contribution in [0, 0.1) is 0 Å². The summed E-state index contributed by atoms with van der Waals surface area (Å²) in [4.78, 5) is 10.2. The molecule has 0 spiro atoms. The molecule has 0 saturated heterocycles. The number of aromatic nitrogens is 3. The molecule has 0 unspecified atom stereocenters. The number of rotatable bonds is 4. The van der Waals surface area contributed by atoms with Gasteiger partial charge >= 0.3 is 0 Å². The lowest BCUT2D eigenvalue weighted by Crippen LogP contribution is -1.97. The molecule has 0 radical (unpaired) electrons. The van der Waals surface area contributed by atoms with Gasteiger partial charge in [-0.05, 0) is 41.5 Å². The van der Waals surface area contributed by atoms with E-state index in [0.29, 0.717) is 5.82 Å². The highest BCUT2D eigenvalue weighted by molar-refractivity contribution is 6.09. The van der Waals surface area contributed by atoms with Crippen LogP contribution in [0.4, 0.5) is 0 Å². The molecule has 2 aromatic heterocycles. The topological polar surface area (TPSA) is 30.7 Å². The molecule has 0 N–H and O–H groups in total. The molecule has 0 aliphatic carbocycles. The lowest BCUT2D eigenvalue weighted by Gasteiger charge is -2.12. The van der Waals surface area contributed by atoms with E-state index in [1.165, 1.54) is 32.9 Å². The van der Waals surface area contributed by atoms with E-state index < -0.39 is 0 Å². The predicted molar refractivity (Wildman–Crippen MR) is 170 cm³/mol. The first-order valence-electron chi connectivity index (χ1n) is 13.9. The monoisotopic (exact) mass is 523 g/mol. The van der Waals surface area contributed by atoms with Crippen molar-refractivity contribution in [3.63, 3.8) is 0 Å². The number of para-hydroxylation sites is 3. The molecular formula is C38H25N3.